The molecule has 0 spiro atoms. The molecule has 8 N–H and O–H groups in total. The topological polar surface area (TPSA) is 230 Å². The minimum Gasteiger partial charge on any atom is -0.542 e. The first-order valence-electron chi connectivity index (χ1n) is 13.4. The highest BCUT2D eigenvalue weighted by Gasteiger charge is 2.30. The monoisotopic (exact) mass is 715 g/mol. The van der Waals surface area contributed by atoms with Crippen LogP contribution in [0.4, 0.5) is 17.6 Å². The first kappa shape index (κ1) is 38.7. The van der Waals surface area contributed by atoms with Crippen LogP contribution >= 0.6 is 18.9 Å². The van der Waals surface area contributed by atoms with Crippen LogP contribution in [0.15, 0.2) is 34.5 Å². The smallest absolute Gasteiger partial charge is 0.430 e. The Morgan fingerprint density at radius 1 is 1.13 bits per heavy atom. The highest BCUT2D eigenvalue weighted by atomic mass is 32.2. The molecule has 0 bridgehead atoms. The van der Waals surface area contributed by atoms with Crippen LogP contribution in [0.5, 0.6) is 17.2 Å². The maximum Gasteiger partial charge on any atom is 0.430 e. The van der Waals surface area contributed by atoms with Crippen molar-refractivity contribution in [1.29, 1.82) is 5.26 Å². The number of carboxylic acid groups (broad SMARTS) is 1. The van der Waals surface area contributed by atoms with Crippen LogP contribution in [0, 0.1) is 17.1 Å². The standard InChI is InChI=1S/C24H30FN4O7PS2.C2HF3O2/c1-2-18-19-12-21(34-9-3-7-26)22(35-10-4-8-27)13-23(19)38-24(18)39(32,33)29-15-37(30,31)36-17-6-5-16(14-28)20(25)11-17;3-2(4,5)1(6)7/h5-6,11-13,29H,2-4,7-10,15,26-27H2,1H3,(H,30,31);(H,6,7)/p+1. The average molecular weight is 716 g/mol. The highest BCUT2D eigenvalue weighted by Crippen LogP contribution is 2.44. The molecule has 1 heterocycles. The van der Waals surface area contributed by atoms with Gasteiger partial charge in [0.2, 0.25) is 0 Å². The summed E-state index contributed by atoms with van der Waals surface area (Å²) in [6.07, 6.45) is -4.30. The van der Waals surface area contributed by atoms with Gasteiger partial charge in [-0.25, -0.2) is 17.4 Å². The fraction of sp³-hybridized carbons (Fsp3) is 0.385. The van der Waals surface area contributed by atoms with Gasteiger partial charge >= 0.3 is 13.8 Å². The van der Waals surface area contributed by atoms with Crippen molar-refractivity contribution in [2.75, 3.05) is 32.6 Å². The number of nitriles is 1. The maximum atomic E-state index is 13.8. The number of carboxylic acids is 1. The van der Waals surface area contributed by atoms with Gasteiger partial charge in [-0.1, -0.05) is 6.92 Å². The third kappa shape index (κ3) is 11.1. The van der Waals surface area contributed by atoms with E-state index in [0.29, 0.717) is 59.9 Å². The Bertz CT molecular complexity index is 1710. The number of halogens is 4. The summed E-state index contributed by atoms with van der Waals surface area (Å²) in [7, 11) is -8.80. The van der Waals surface area contributed by atoms with Gasteiger partial charge in [-0.05, 0) is 30.2 Å². The molecule has 13 nitrogen and oxygen atoms in total. The second kappa shape index (κ2) is 16.9. The number of sulfonamides is 1. The summed E-state index contributed by atoms with van der Waals surface area (Å²) in [5, 5.41) is 18.3. The third-order valence-electron chi connectivity index (χ3n) is 5.72. The van der Waals surface area contributed by atoms with E-state index in [0.717, 1.165) is 42.4 Å². The number of carbonyl (C=O) groups is 1. The van der Waals surface area contributed by atoms with E-state index in [4.69, 9.17) is 29.2 Å². The Kier molecular flexibility index (Phi) is 14.2. The third-order valence-corrected chi connectivity index (χ3v) is 10.1. The summed E-state index contributed by atoms with van der Waals surface area (Å²) in [5.41, 5.74) is 7.88. The molecule has 0 amide bonds. The van der Waals surface area contributed by atoms with E-state index >= 15 is 0 Å². The first-order valence-corrected chi connectivity index (χ1v) is 17.5. The number of fused-ring (bicyclic) bond motifs is 1. The molecule has 0 saturated carbocycles. The molecule has 0 aliphatic heterocycles. The van der Waals surface area contributed by atoms with E-state index in [2.05, 4.69) is 16.2 Å². The van der Waals surface area contributed by atoms with Crippen LogP contribution in [-0.4, -0.2) is 58.0 Å². The molecule has 3 aromatic rings. The number of benzene rings is 2. The molecule has 0 radical (unpaired) electrons. The van der Waals surface area contributed by atoms with Crippen molar-refractivity contribution in [3.05, 3.63) is 47.3 Å². The van der Waals surface area contributed by atoms with E-state index < -0.39 is 41.9 Å². The number of rotatable bonds is 15. The molecule has 3 rings (SSSR count). The Morgan fingerprint density at radius 2 is 1.70 bits per heavy atom. The van der Waals surface area contributed by atoms with Crippen LogP contribution in [0.25, 0.3) is 10.1 Å². The van der Waals surface area contributed by atoms with Gasteiger partial charge in [-0.2, -0.15) is 23.2 Å². The number of aliphatic carboxylic acids is 1. The SMILES string of the molecule is CCc1c(S(=O)(=O)NCP(=O)(O)Oc2ccc(C#N)c(F)c2)sc2cc(OCCC[NH3+])c(OCCC[NH3+])cc12.O=C([O-])C(F)(F)F. The van der Waals surface area contributed by atoms with Crippen molar-refractivity contribution in [3.8, 4) is 23.3 Å². The molecular formula is C26H32F4N4O9PS2+. The van der Waals surface area contributed by atoms with Crippen molar-refractivity contribution in [3.63, 3.8) is 0 Å². The molecule has 1 unspecified atom stereocenters. The Labute approximate surface area is 265 Å². The minimum atomic E-state index is -5.19. The molecule has 46 heavy (non-hydrogen) atoms. The summed E-state index contributed by atoms with van der Waals surface area (Å²) in [6, 6.07) is 8.14. The Hall–Kier alpha value is -3.50. The molecule has 254 valence electrons. The zero-order chi connectivity index (χ0) is 34.7. The molecule has 1 atom stereocenters. The number of hydrogen-bond donors (Lipinski definition) is 4. The molecule has 0 aliphatic rings. The quantitative estimate of drug-likeness (QED) is 0.100. The second-order valence-electron chi connectivity index (χ2n) is 9.20. The lowest BCUT2D eigenvalue weighted by atomic mass is 10.1. The summed E-state index contributed by atoms with van der Waals surface area (Å²) in [4.78, 5) is 19.0. The van der Waals surface area contributed by atoms with Crippen LogP contribution < -0.4 is 35.3 Å². The fourth-order valence-corrected chi connectivity index (χ4v) is 8.02. The molecule has 0 aliphatic carbocycles. The van der Waals surface area contributed by atoms with Crippen molar-refractivity contribution in [2.24, 2.45) is 0 Å². The molecule has 1 aromatic heterocycles. The molecule has 2 aromatic carbocycles. The summed E-state index contributed by atoms with van der Waals surface area (Å²) < 4.78 is 104. The molecule has 0 fully saturated rings. The molecule has 20 heteroatoms. The van der Waals surface area contributed by atoms with E-state index in [1.807, 2.05) is 6.92 Å². The average Bonchev–Trinajstić information content (AvgIpc) is 3.34. The van der Waals surface area contributed by atoms with E-state index in [9.17, 15) is 35.4 Å². The summed E-state index contributed by atoms with van der Waals surface area (Å²) in [6.45, 7) is 4.06. The van der Waals surface area contributed by atoms with Crippen molar-refractivity contribution in [1.82, 2.24) is 4.72 Å². The van der Waals surface area contributed by atoms with E-state index in [1.165, 1.54) is 0 Å². The van der Waals surface area contributed by atoms with Gasteiger partial charge in [0, 0.05) is 35.1 Å². The van der Waals surface area contributed by atoms with E-state index in [-0.39, 0.29) is 15.5 Å². The van der Waals surface area contributed by atoms with Crippen molar-refractivity contribution < 1.29 is 70.8 Å². The maximum absolute atomic E-state index is 13.8. The van der Waals surface area contributed by atoms with Gasteiger partial charge in [0.1, 0.15) is 34.1 Å². The number of alkyl halides is 3. The first-order chi connectivity index (χ1) is 21.5. The number of carbonyl (C=O) groups excluding carboxylic acids is 1. The van der Waals surface area contributed by atoms with Gasteiger partial charge in [0.05, 0.1) is 31.9 Å². The van der Waals surface area contributed by atoms with Gasteiger partial charge in [-0.15, -0.1) is 11.3 Å². The largest absolute Gasteiger partial charge is 0.542 e. The van der Waals surface area contributed by atoms with Crippen LogP contribution in [0.3, 0.4) is 0 Å². The normalized spacial score (nSPS) is 12.8. The Balaban J connectivity index is 0.000000942. The lowest BCUT2D eigenvalue weighted by Gasteiger charge is -2.14. The van der Waals surface area contributed by atoms with Crippen molar-refractivity contribution >= 4 is 45.0 Å². The van der Waals surface area contributed by atoms with Crippen LogP contribution in [-0.2, 0) is 25.8 Å². The lowest BCUT2D eigenvalue weighted by molar-refractivity contribution is -0.369. The van der Waals surface area contributed by atoms with Gasteiger partial charge in [0.25, 0.3) is 10.0 Å². The van der Waals surface area contributed by atoms with Gasteiger partial charge in [-0.3, -0.25) is 0 Å². The predicted molar refractivity (Wildman–Crippen MR) is 155 cm³/mol. The Morgan fingerprint density at radius 3 is 2.17 bits per heavy atom. The predicted octanol–water partition coefficient (Wildman–Crippen LogP) is 1.29. The summed E-state index contributed by atoms with van der Waals surface area (Å²) in [5.74, 6) is -3.27. The van der Waals surface area contributed by atoms with Crippen LogP contribution in [0.1, 0.15) is 30.9 Å². The number of hydrogen-bond acceptors (Lipinski definition) is 10. The van der Waals surface area contributed by atoms with Gasteiger partial charge < -0.3 is 40.3 Å². The molecule has 0 saturated heterocycles. The van der Waals surface area contributed by atoms with Crippen LogP contribution in [0.2, 0.25) is 0 Å². The number of quaternary nitrogens is 2. The highest BCUT2D eigenvalue weighted by molar-refractivity contribution is 7.92. The van der Waals surface area contributed by atoms with E-state index in [1.54, 1.807) is 18.2 Å². The van der Waals surface area contributed by atoms with Gasteiger partial charge in [0.15, 0.2) is 11.5 Å². The number of nitrogens with one attached hydrogen (secondary N) is 1. The number of nitrogens with zero attached hydrogens (tertiary/aromatic N) is 1. The zero-order valence-corrected chi connectivity index (χ0v) is 26.9. The minimum absolute atomic E-state index is 0.0111. The molecular weight excluding hydrogens is 683 g/mol. The zero-order valence-electron chi connectivity index (χ0n) is 24.4. The number of aryl methyl sites for hydroxylation is 1. The fourth-order valence-electron chi connectivity index (χ4n) is 3.55. The number of thiophene rings is 1. The summed E-state index contributed by atoms with van der Waals surface area (Å²) >= 11 is 1.01. The number of ether oxygens (including phenoxy) is 2. The second-order valence-corrected chi connectivity index (χ2v) is 14.0. The van der Waals surface area contributed by atoms with Crippen molar-refractivity contribution in [2.45, 2.75) is 36.6 Å². The lowest BCUT2D eigenvalue weighted by Crippen LogP contribution is -2.50.